The fourth-order valence-corrected chi connectivity index (χ4v) is 4.25. The van der Waals surface area contributed by atoms with Gasteiger partial charge in [-0.15, -0.1) is 0 Å². The number of aliphatic hydroxyl groups is 1. The highest BCUT2D eigenvalue weighted by Crippen LogP contribution is 2.42. The zero-order valence-corrected chi connectivity index (χ0v) is 17.0. The summed E-state index contributed by atoms with van der Waals surface area (Å²) < 4.78 is 1.97. The van der Waals surface area contributed by atoms with Crippen LogP contribution in [-0.4, -0.2) is 32.8 Å². The van der Waals surface area contributed by atoms with Gasteiger partial charge in [0.1, 0.15) is 5.76 Å². The van der Waals surface area contributed by atoms with Crippen LogP contribution in [0.1, 0.15) is 30.5 Å². The Morgan fingerprint density at radius 1 is 1.14 bits per heavy atom. The van der Waals surface area contributed by atoms with E-state index in [0.717, 1.165) is 16.5 Å². The fourth-order valence-electron chi connectivity index (χ4n) is 4.06. The van der Waals surface area contributed by atoms with Crippen molar-refractivity contribution in [3.63, 3.8) is 0 Å². The van der Waals surface area contributed by atoms with E-state index >= 15 is 0 Å². The molecule has 0 aliphatic carbocycles. The van der Waals surface area contributed by atoms with Gasteiger partial charge in [0.15, 0.2) is 0 Å². The average Bonchev–Trinajstić information content (AvgIpc) is 3.17. The molecule has 0 spiro atoms. The first-order valence-corrected chi connectivity index (χ1v) is 9.90. The molecule has 3 aromatic rings. The van der Waals surface area contributed by atoms with Crippen LogP contribution >= 0.6 is 11.6 Å². The molecular weight excluding hydrogens is 388 g/mol. The lowest BCUT2D eigenvalue weighted by molar-refractivity contribution is -0.139. The molecule has 0 saturated carbocycles. The summed E-state index contributed by atoms with van der Waals surface area (Å²) in [6.07, 6.45) is 2.63. The molecular formula is C23H21ClN2O3. The van der Waals surface area contributed by atoms with Gasteiger partial charge in [0.2, 0.25) is 0 Å². The summed E-state index contributed by atoms with van der Waals surface area (Å²) in [6, 6.07) is 13.8. The van der Waals surface area contributed by atoms with Crippen LogP contribution in [0, 0.1) is 0 Å². The number of ketones is 1. The van der Waals surface area contributed by atoms with Gasteiger partial charge in [-0.2, -0.15) is 0 Å². The Kier molecular flexibility index (Phi) is 4.92. The molecule has 1 atom stereocenters. The number of aromatic nitrogens is 1. The zero-order valence-electron chi connectivity index (χ0n) is 16.2. The second-order valence-electron chi connectivity index (χ2n) is 7.22. The van der Waals surface area contributed by atoms with Crippen LogP contribution in [0.15, 0.2) is 60.3 Å². The van der Waals surface area contributed by atoms with Crippen LogP contribution in [0.3, 0.4) is 0 Å². The maximum atomic E-state index is 13.0. The Hall–Kier alpha value is -3.05. The number of aryl methyl sites for hydroxylation is 1. The monoisotopic (exact) mass is 408 g/mol. The zero-order chi connectivity index (χ0) is 20.7. The maximum absolute atomic E-state index is 13.0. The molecule has 1 unspecified atom stereocenters. The van der Waals surface area contributed by atoms with E-state index in [2.05, 4.69) is 0 Å². The third kappa shape index (κ3) is 3.12. The smallest absolute Gasteiger partial charge is 0.295 e. The molecule has 0 bridgehead atoms. The van der Waals surface area contributed by atoms with Crippen LogP contribution < -0.4 is 0 Å². The molecule has 1 amide bonds. The Labute approximate surface area is 173 Å². The summed E-state index contributed by atoms with van der Waals surface area (Å²) in [5.41, 5.74) is 2.32. The Bertz CT molecular complexity index is 1160. The number of hydrogen-bond donors (Lipinski definition) is 1. The second-order valence-corrected chi connectivity index (χ2v) is 7.65. The van der Waals surface area contributed by atoms with Gasteiger partial charge in [-0.25, -0.2) is 0 Å². The van der Waals surface area contributed by atoms with Crippen LogP contribution in [-0.2, 0) is 16.6 Å². The Morgan fingerprint density at radius 2 is 1.90 bits per heavy atom. The summed E-state index contributed by atoms with van der Waals surface area (Å²) >= 11 is 6.07. The highest BCUT2D eigenvalue weighted by Gasteiger charge is 2.46. The number of carbonyl (C=O) groups is 2. The number of nitrogens with zero attached hydrogens (tertiary/aromatic N) is 2. The maximum Gasteiger partial charge on any atom is 0.295 e. The molecule has 2 heterocycles. The van der Waals surface area contributed by atoms with Crippen molar-refractivity contribution in [1.82, 2.24) is 9.47 Å². The molecule has 1 saturated heterocycles. The second kappa shape index (κ2) is 7.41. The number of fused-ring (bicyclic) bond motifs is 1. The molecule has 2 aromatic carbocycles. The lowest BCUT2D eigenvalue weighted by atomic mass is 9.95. The molecule has 5 nitrogen and oxygen atoms in total. The van der Waals surface area contributed by atoms with Gasteiger partial charge in [-0.1, -0.05) is 48.9 Å². The van der Waals surface area contributed by atoms with Crippen molar-refractivity contribution >= 4 is 40.0 Å². The van der Waals surface area contributed by atoms with E-state index in [-0.39, 0.29) is 11.3 Å². The summed E-state index contributed by atoms with van der Waals surface area (Å²) in [7, 11) is 1.93. The highest BCUT2D eigenvalue weighted by molar-refractivity contribution is 6.46. The first-order valence-electron chi connectivity index (χ1n) is 9.52. The summed E-state index contributed by atoms with van der Waals surface area (Å²) in [5.74, 6) is -1.47. The van der Waals surface area contributed by atoms with E-state index in [0.29, 0.717) is 23.6 Å². The normalized spacial score (nSPS) is 18.7. The van der Waals surface area contributed by atoms with Crippen LogP contribution in [0.4, 0.5) is 0 Å². The third-order valence-corrected chi connectivity index (χ3v) is 5.56. The molecule has 1 fully saturated rings. The number of Topliss-reactive ketones (excluding diaryl/α,β-unsaturated/α-hetero) is 1. The minimum Gasteiger partial charge on any atom is -0.507 e. The summed E-state index contributed by atoms with van der Waals surface area (Å²) in [4.78, 5) is 27.4. The first kappa shape index (κ1) is 19.3. The number of carbonyl (C=O) groups excluding carboxylic acids is 2. The number of halogens is 1. The minimum atomic E-state index is -0.672. The molecule has 148 valence electrons. The molecule has 6 heteroatoms. The molecule has 0 radical (unpaired) electrons. The van der Waals surface area contributed by atoms with Crippen LogP contribution in [0.25, 0.3) is 16.7 Å². The van der Waals surface area contributed by atoms with E-state index < -0.39 is 17.7 Å². The van der Waals surface area contributed by atoms with Crippen molar-refractivity contribution < 1.29 is 14.7 Å². The van der Waals surface area contributed by atoms with Gasteiger partial charge in [0.05, 0.1) is 11.6 Å². The van der Waals surface area contributed by atoms with Crippen molar-refractivity contribution in [3.8, 4) is 0 Å². The number of likely N-dealkylation sites (tertiary alicyclic amines) is 1. The molecule has 1 N–H and O–H groups in total. The summed E-state index contributed by atoms with van der Waals surface area (Å²) in [6.45, 7) is 2.38. The predicted octanol–water partition coefficient (Wildman–Crippen LogP) is 4.66. The minimum absolute atomic E-state index is 0.0991. The van der Waals surface area contributed by atoms with Crippen molar-refractivity contribution in [2.45, 2.75) is 19.4 Å². The molecule has 1 aliphatic rings. The lowest BCUT2D eigenvalue weighted by Crippen LogP contribution is -2.30. The van der Waals surface area contributed by atoms with Gasteiger partial charge in [-0.05, 0) is 24.6 Å². The largest absolute Gasteiger partial charge is 0.507 e. The quantitative estimate of drug-likeness (QED) is 0.388. The fraction of sp³-hybridized carbons (Fsp3) is 0.217. The SMILES string of the molecule is CCCN1C(=O)C(=O)/C(=C(/O)c2cccc(Cl)c2)C1c1cn(C)c2ccccc12. The van der Waals surface area contributed by atoms with E-state index in [9.17, 15) is 14.7 Å². The number of para-hydroxylation sites is 1. The van der Waals surface area contributed by atoms with E-state index in [1.165, 1.54) is 0 Å². The van der Waals surface area contributed by atoms with Crippen molar-refractivity contribution in [3.05, 3.63) is 76.5 Å². The standard InChI is InChI=1S/C23H21ClN2O3/c1-3-11-26-20(17-13-25(2)18-10-5-4-9-16(17)18)19(22(28)23(26)29)21(27)14-7-6-8-15(24)12-14/h4-10,12-13,20,27H,3,11H2,1-2H3/b21-19+. The van der Waals surface area contributed by atoms with E-state index in [4.69, 9.17) is 11.6 Å². The lowest BCUT2D eigenvalue weighted by Gasteiger charge is -2.24. The molecule has 1 aliphatic heterocycles. The Balaban J connectivity index is 1.99. The number of benzene rings is 2. The third-order valence-electron chi connectivity index (χ3n) is 5.32. The first-order chi connectivity index (χ1) is 13.9. The summed E-state index contributed by atoms with van der Waals surface area (Å²) in [5, 5.41) is 12.4. The van der Waals surface area contributed by atoms with E-state index in [1.807, 2.05) is 49.0 Å². The van der Waals surface area contributed by atoms with Gasteiger partial charge in [-0.3, -0.25) is 9.59 Å². The number of hydrogen-bond acceptors (Lipinski definition) is 3. The van der Waals surface area contributed by atoms with Gasteiger partial charge < -0.3 is 14.6 Å². The average molecular weight is 409 g/mol. The van der Waals surface area contributed by atoms with Crippen LogP contribution in [0.5, 0.6) is 0 Å². The van der Waals surface area contributed by atoms with Crippen molar-refractivity contribution in [2.24, 2.45) is 7.05 Å². The van der Waals surface area contributed by atoms with Crippen molar-refractivity contribution in [1.29, 1.82) is 0 Å². The molecule has 1 aromatic heterocycles. The Morgan fingerprint density at radius 3 is 2.62 bits per heavy atom. The van der Waals surface area contributed by atoms with Crippen LogP contribution in [0.2, 0.25) is 5.02 Å². The van der Waals surface area contributed by atoms with E-state index in [1.54, 1.807) is 29.2 Å². The number of rotatable bonds is 4. The molecule has 4 rings (SSSR count). The predicted molar refractivity (Wildman–Crippen MR) is 114 cm³/mol. The van der Waals surface area contributed by atoms with Gasteiger partial charge in [0.25, 0.3) is 11.7 Å². The topological polar surface area (TPSA) is 62.5 Å². The number of aliphatic hydroxyl groups excluding tert-OH is 1. The highest BCUT2D eigenvalue weighted by atomic mass is 35.5. The van der Waals surface area contributed by atoms with Gasteiger partial charge in [0, 0.05) is 46.8 Å². The number of amides is 1. The van der Waals surface area contributed by atoms with Gasteiger partial charge >= 0.3 is 0 Å². The molecule has 29 heavy (non-hydrogen) atoms. The van der Waals surface area contributed by atoms with Crippen molar-refractivity contribution in [2.75, 3.05) is 6.54 Å².